The first-order valence-corrected chi connectivity index (χ1v) is 9.43. The fourth-order valence-corrected chi connectivity index (χ4v) is 3.43. The summed E-state index contributed by atoms with van der Waals surface area (Å²) in [5, 5.41) is 7.41. The Balaban J connectivity index is 1.81. The van der Waals surface area contributed by atoms with E-state index in [4.69, 9.17) is 0 Å². The van der Waals surface area contributed by atoms with Crippen molar-refractivity contribution >= 4 is 15.5 Å². The molecule has 3 aromatic rings. The van der Waals surface area contributed by atoms with Gasteiger partial charge in [0.05, 0.1) is 16.8 Å². The van der Waals surface area contributed by atoms with Crippen LogP contribution in [0.3, 0.4) is 0 Å². The quantitative estimate of drug-likeness (QED) is 0.774. The van der Waals surface area contributed by atoms with Gasteiger partial charge in [-0.3, -0.25) is 4.68 Å². The summed E-state index contributed by atoms with van der Waals surface area (Å²) >= 11 is 0. The molecule has 0 amide bonds. The number of sulfone groups is 1. The number of hydrogen-bond donors (Lipinski definition) is 1. The Labute approximate surface area is 141 Å². The van der Waals surface area contributed by atoms with Crippen LogP contribution in [0.5, 0.6) is 0 Å². The van der Waals surface area contributed by atoms with Crippen LogP contribution in [-0.2, 0) is 23.4 Å². The molecule has 0 saturated heterocycles. The van der Waals surface area contributed by atoms with Gasteiger partial charge in [0.25, 0.3) is 0 Å². The lowest BCUT2D eigenvalue weighted by Crippen LogP contribution is -2.06. The van der Waals surface area contributed by atoms with Crippen molar-refractivity contribution in [2.75, 3.05) is 11.6 Å². The van der Waals surface area contributed by atoms with Crippen molar-refractivity contribution in [2.24, 2.45) is 7.05 Å². The zero-order valence-electron chi connectivity index (χ0n) is 13.6. The minimum Gasteiger partial charge on any atom is -0.380 e. The number of benzene rings is 2. The predicted molar refractivity (Wildman–Crippen MR) is 95.5 cm³/mol. The van der Waals surface area contributed by atoms with Gasteiger partial charge in [-0.1, -0.05) is 30.3 Å². The topological polar surface area (TPSA) is 64.0 Å². The number of aromatic nitrogens is 2. The highest BCUT2D eigenvalue weighted by Gasteiger charge is 2.12. The molecule has 1 aromatic heterocycles. The SMILES string of the molecule is Cn1cc(-c2cccc(CNc3ccccc3S(C)(=O)=O)c2)cn1. The minimum atomic E-state index is -3.26. The molecule has 0 fully saturated rings. The normalized spacial score (nSPS) is 11.4. The maximum absolute atomic E-state index is 11.9. The van der Waals surface area contributed by atoms with Crippen LogP contribution in [-0.4, -0.2) is 24.5 Å². The van der Waals surface area contributed by atoms with Crippen molar-refractivity contribution in [3.8, 4) is 11.1 Å². The first-order chi connectivity index (χ1) is 11.4. The van der Waals surface area contributed by atoms with E-state index in [-0.39, 0.29) is 0 Å². The number of anilines is 1. The molecule has 3 rings (SSSR count). The van der Waals surface area contributed by atoms with Gasteiger partial charge in [-0.25, -0.2) is 8.42 Å². The standard InChI is InChI=1S/C18H19N3O2S/c1-21-13-16(12-20-21)15-7-5-6-14(10-15)11-19-17-8-3-4-9-18(17)24(2,22)23/h3-10,12-13,19H,11H2,1-2H3. The summed E-state index contributed by atoms with van der Waals surface area (Å²) in [6.07, 6.45) is 5.01. The van der Waals surface area contributed by atoms with Crippen LogP contribution in [0.25, 0.3) is 11.1 Å². The lowest BCUT2D eigenvalue weighted by atomic mass is 10.1. The molecule has 0 aliphatic heterocycles. The van der Waals surface area contributed by atoms with Crippen molar-refractivity contribution in [2.45, 2.75) is 11.4 Å². The van der Waals surface area contributed by atoms with E-state index in [1.165, 1.54) is 6.26 Å². The molecular formula is C18H19N3O2S. The molecule has 0 aliphatic rings. The molecule has 0 saturated carbocycles. The predicted octanol–water partition coefficient (Wildman–Crippen LogP) is 3.10. The Morgan fingerprint density at radius 1 is 1.08 bits per heavy atom. The smallest absolute Gasteiger partial charge is 0.177 e. The molecule has 24 heavy (non-hydrogen) atoms. The Morgan fingerprint density at radius 3 is 2.58 bits per heavy atom. The second kappa shape index (κ2) is 6.49. The maximum Gasteiger partial charge on any atom is 0.177 e. The third kappa shape index (κ3) is 3.65. The minimum absolute atomic E-state index is 0.313. The molecule has 0 atom stereocenters. The number of para-hydroxylation sites is 1. The summed E-state index contributed by atoms with van der Waals surface area (Å²) in [5.41, 5.74) is 3.82. The summed E-state index contributed by atoms with van der Waals surface area (Å²) < 4.78 is 25.5. The summed E-state index contributed by atoms with van der Waals surface area (Å²) in [4.78, 5) is 0.313. The van der Waals surface area contributed by atoms with Gasteiger partial charge in [0.1, 0.15) is 0 Å². The van der Waals surface area contributed by atoms with Crippen LogP contribution in [0.4, 0.5) is 5.69 Å². The van der Waals surface area contributed by atoms with Gasteiger partial charge < -0.3 is 5.32 Å². The average molecular weight is 341 g/mol. The first kappa shape index (κ1) is 16.3. The zero-order valence-corrected chi connectivity index (χ0v) is 14.4. The molecule has 0 unspecified atom stereocenters. The molecule has 0 spiro atoms. The fraction of sp³-hybridized carbons (Fsp3) is 0.167. The Kier molecular flexibility index (Phi) is 4.40. The zero-order chi connectivity index (χ0) is 17.2. The van der Waals surface area contributed by atoms with E-state index < -0.39 is 9.84 Å². The molecule has 6 heteroatoms. The van der Waals surface area contributed by atoms with Gasteiger partial charge in [0.2, 0.25) is 0 Å². The third-order valence-corrected chi connectivity index (χ3v) is 4.89. The highest BCUT2D eigenvalue weighted by Crippen LogP contribution is 2.23. The molecule has 124 valence electrons. The molecule has 0 radical (unpaired) electrons. The summed E-state index contributed by atoms with van der Waals surface area (Å²) in [7, 11) is -1.37. The van der Waals surface area contributed by atoms with E-state index >= 15 is 0 Å². The Morgan fingerprint density at radius 2 is 1.88 bits per heavy atom. The van der Waals surface area contributed by atoms with E-state index in [9.17, 15) is 8.42 Å². The first-order valence-electron chi connectivity index (χ1n) is 7.54. The summed E-state index contributed by atoms with van der Waals surface area (Å²) in [5.74, 6) is 0. The van der Waals surface area contributed by atoms with Crippen LogP contribution < -0.4 is 5.32 Å². The van der Waals surface area contributed by atoms with Gasteiger partial charge in [0.15, 0.2) is 9.84 Å². The van der Waals surface area contributed by atoms with Gasteiger partial charge in [0, 0.05) is 31.6 Å². The molecule has 0 bridgehead atoms. The number of rotatable bonds is 5. The van der Waals surface area contributed by atoms with E-state index in [1.807, 2.05) is 43.7 Å². The van der Waals surface area contributed by atoms with Crippen molar-refractivity contribution in [1.82, 2.24) is 9.78 Å². The lowest BCUT2D eigenvalue weighted by molar-refractivity contribution is 0.602. The van der Waals surface area contributed by atoms with Gasteiger partial charge >= 0.3 is 0 Å². The van der Waals surface area contributed by atoms with Crippen LogP contribution in [0, 0.1) is 0 Å². The molecule has 0 aliphatic carbocycles. The van der Waals surface area contributed by atoms with Crippen LogP contribution in [0.1, 0.15) is 5.56 Å². The highest BCUT2D eigenvalue weighted by molar-refractivity contribution is 7.90. The molecular weight excluding hydrogens is 322 g/mol. The number of nitrogens with one attached hydrogen (secondary N) is 1. The molecule has 5 nitrogen and oxygen atoms in total. The van der Waals surface area contributed by atoms with Crippen molar-refractivity contribution in [1.29, 1.82) is 0 Å². The molecule has 1 N–H and O–H groups in total. The maximum atomic E-state index is 11.9. The van der Waals surface area contributed by atoms with Gasteiger partial charge in [-0.05, 0) is 29.3 Å². The fourth-order valence-electron chi connectivity index (χ4n) is 2.56. The monoisotopic (exact) mass is 341 g/mol. The number of nitrogens with zero attached hydrogens (tertiary/aromatic N) is 2. The average Bonchev–Trinajstić information content (AvgIpc) is 2.99. The van der Waals surface area contributed by atoms with Crippen molar-refractivity contribution in [3.05, 3.63) is 66.5 Å². The largest absolute Gasteiger partial charge is 0.380 e. The van der Waals surface area contributed by atoms with Crippen molar-refractivity contribution < 1.29 is 8.42 Å². The van der Waals surface area contributed by atoms with E-state index in [2.05, 4.69) is 16.5 Å². The Hall–Kier alpha value is -2.60. The van der Waals surface area contributed by atoms with Crippen molar-refractivity contribution in [3.63, 3.8) is 0 Å². The van der Waals surface area contributed by atoms with Crippen LogP contribution in [0.15, 0.2) is 65.8 Å². The number of aryl methyl sites for hydroxylation is 1. The van der Waals surface area contributed by atoms with Crippen LogP contribution >= 0.6 is 0 Å². The van der Waals surface area contributed by atoms with Gasteiger partial charge in [-0.15, -0.1) is 0 Å². The van der Waals surface area contributed by atoms with Gasteiger partial charge in [-0.2, -0.15) is 5.10 Å². The Bertz CT molecular complexity index is 962. The van der Waals surface area contributed by atoms with Crippen LogP contribution in [0.2, 0.25) is 0 Å². The molecule has 1 heterocycles. The lowest BCUT2D eigenvalue weighted by Gasteiger charge is -2.11. The van der Waals surface area contributed by atoms with E-state index in [0.717, 1.165) is 16.7 Å². The highest BCUT2D eigenvalue weighted by atomic mass is 32.2. The second-order valence-corrected chi connectivity index (χ2v) is 7.71. The van der Waals surface area contributed by atoms with E-state index in [0.29, 0.717) is 17.1 Å². The molecule has 2 aromatic carbocycles. The second-order valence-electron chi connectivity index (χ2n) is 5.72. The summed E-state index contributed by atoms with van der Waals surface area (Å²) in [6.45, 7) is 0.542. The third-order valence-electron chi connectivity index (χ3n) is 3.73. The van der Waals surface area contributed by atoms with E-state index in [1.54, 1.807) is 22.9 Å². The number of hydrogen-bond acceptors (Lipinski definition) is 4. The summed E-state index contributed by atoms with van der Waals surface area (Å²) in [6, 6.07) is 15.1.